The SMILES string of the molecule is CCC1CCC2C(C1)C1C=CC(=O)C3(Cc4ccc(O)c(OC)c4)CCCC3CC#CNC(=NC)Nc3cc(cc4c3OC#CCC3CC(CNC)(CC3CC3(O)CCC5CCCC5O3)O4)C13CCC1(CCCC1)C3C2CCCO. The number of ketones is 1. The first kappa shape index (κ1) is 55.8. The molecule has 12 rings (SSSR count). The van der Waals surface area contributed by atoms with E-state index in [0.29, 0.717) is 97.4 Å². The van der Waals surface area contributed by atoms with E-state index in [9.17, 15) is 15.3 Å². The van der Waals surface area contributed by atoms with E-state index in [1.165, 1.54) is 56.9 Å². The molecule has 4 bridgehead atoms. The van der Waals surface area contributed by atoms with Gasteiger partial charge in [-0.3, -0.25) is 15.1 Å². The standard InChI is InChI=1S/C68H92N4O8/c1-5-44-19-21-51-52(17-11-33-73)62-64(26-6-7-27-64)30-31-68(62)50-37-55(61-59(38-50)79-65(43-69-2)40-47(14-12-34-78-61)48(41-65)42-67(76)29-25-46-13-8-18-57(46)80-67)72-63(70-3)71-32-10-16-49-15-9-28-66(49,60(75)24-22-54(68)53(51)35-44)39-45-20-23-56(74)58(36-45)77-4/h20,22-24,36-38,44,46-49,51-54,57,62,69,73-74,76H,5-9,11,13-19,21,25-31,33,35,39-43H2,1-4H3,(H2,70,71,72). The van der Waals surface area contributed by atoms with Crippen molar-refractivity contribution in [1.29, 1.82) is 0 Å². The van der Waals surface area contributed by atoms with Crippen molar-refractivity contribution in [3.05, 3.63) is 53.6 Å². The summed E-state index contributed by atoms with van der Waals surface area (Å²) >= 11 is 0. The maximum absolute atomic E-state index is 16.1. The summed E-state index contributed by atoms with van der Waals surface area (Å²) in [6.07, 6.45) is 32.6. The molecule has 1 saturated heterocycles. The molecule has 12 heteroatoms. The highest BCUT2D eigenvalue weighted by Crippen LogP contribution is 2.74. The maximum atomic E-state index is 16.1. The number of benzene rings is 2. The minimum Gasteiger partial charge on any atom is -0.504 e. The Hall–Kier alpha value is -4.72. The third-order valence-corrected chi connectivity index (χ3v) is 23.4. The zero-order valence-electron chi connectivity index (χ0n) is 48.5. The maximum Gasteiger partial charge on any atom is 0.207 e. The highest BCUT2D eigenvalue weighted by Gasteiger charge is 2.68. The highest BCUT2D eigenvalue weighted by molar-refractivity contribution is 5.97. The summed E-state index contributed by atoms with van der Waals surface area (Å²) in [5.74, 6) is 11.1. The number of likely N-dealkylation sites (N-methyl/N-ethyl adjacent to an activating group) is 1. The van der Waals surface area contributed by atoms with Gasteiger partial charge < -0.3 is 44.9 Å². The van der Waals surface area contributed by atoms with E-state index in [-0.39, 0.29) is 53.3 Å². The lowest BCUT2D eigenvalue weighted by Crippen LogP contribution is -2.58. The van der Waals surface area contributed by atoms with Crippen molar-refractivity contribution in [2.24, 2.45) is 75.0 Å². The van der Waals surface area contributed by atoms with Crippen LogP contribution < -0.4 is 30.2 Å². The number of allylic oxidation sites excluding steroid dienone is 2. The number of phenolic OH excluding ortho intramolecular Hbond substituents is 1. The molecule has 0 radical (unpaired) electrons. The molecule has 80 heavy (non-hydrogen) atoms. The lowest BCUT2D eigenvalue weighted by atomic mass is 9.42. The zero-order valence-corrected chi connectivity index (χ0v) is 48.5. The largest absolute Gasteiger partial charge is 0.504 e. The van der Waals surface area contributed by atoms with Gasteiger partial charge >= 0.3 is 0 Å². The van der Waals surface area contributed by atoms with E-state index in [2.05, 4.69) is 71.2 Å². The number of carbonyl (C=O) groups is 1. The van der Waals surface area contributed by atoms with Crippen molar-refractivity contribution in [3.8, 4) is 47.0 Å². The first-order valence-electron chi connectivity index (χ1n) is 31.6. The van der Waals surface area contributed by atoms with Crippen LogP contribution in [-0.2, 0) is 21.4 Å². The third-order valence-electron chi connectivity index (χ3n) is 23.4. The van der Waals surface area contributed by atoms with Gasteiger partial charge in [0.1, 0.15) is 11.7 Å². The second kappa shape index (κ2) is 22.8. The number of nitrogens with one attached hydrogen (secondary N) is 3. The minimum atomic E-state index is -1.17. The quantitative estimate of drug-likeness (QED) is 0.119. The number of aliphatic imine (C=N–C) groups is 1. The van der Waals surface area contributed by atoms with Crippen LogP contribution >= 0.6 is 0 Å². The number of anilines is 1. The molecule has 2 aromatic carbocycles. The summed E-state index contributed by atoms with van der Waals surface area (Å²) in [6, 6.07) is 13.5. The van der Waals surface area contributed by atoms with Crippen molar-refractivity contribution >= 4 is 17.4 Å². The number of guanidine groups is 1. The Morgan fingerprint density at radius 2 is 1.80 bits per heavy atom. The Labute approximate surface area is 477 Å². The lowest BCUT2D eigenvalue weighted by Gasteiger charge is -2.62. The number of carbonyl (C=O) groups excluding carboxylic acids is 1. The zero-order chi connectivity index (χ0) is 55.3. The summed E-state index contributed by atoms with van der Waals surface area (Å²) in [5.41, 5.74) is 1.29. The Balaban J connectivity index is 1.04. The summed E-state index contributed by atoms with van der Waals surface area (Å²) < 4.78 is 26.9. The number of fused-ring (bicyclic) bond motifs is 11. The number of hydrogen-bond acceptors (Lipinski definition) is 10. The fourth-order valence-electron chi connectivity index (χ4n) is 20.0. The van der Waals surface area contributed by atoms with Crippen LogP contribution in [-0.4, -0.2) is 78.9 Å². The van der Waals surface area contributed by atoms with Crippen molar-refractivity contribution in [2.75, 3.05) is 39.7 Å². The predicted octanol–water partition coefficient (Wildman–Crippen LogP) is 11.7. The van der Waals surface area contributed by atoms with Gasteiger partial charge in [-0.1, -0.05) is 69.4 Å². The molecule has 15 unspecified atom stereocenters. The summed E-state index contributed by atoms with van der Waals surface area (Å²) in [5, 5.41) is 44.5. The van der Waals surface area contributed by atoms with Gasteiger partial charge in [-0.15, -0.1) is 0 Å². The van der Waals surface area contributed by atoms with Crippen molar-refractivity contribution in [3.63, 3.8) is 0 Å². The van der Waals surface area contributed by atoms with E-state index in [0.717, 1.165) is 94.7 Å². The summed E-state index contributed by atoms with van der Waals surface area (Å²) in [6.45, 7) is 3.16. The third kappa shape index (κ3) is 10.0. The van der Waals surface area contributed by atoms with Crippen molar-refractivity contribution < 1.29 is 39.1 Å². The topological polar surface area (TPSA) is 163 Å². The molecule has 10 aliphatic rings. The van der Waals surface area contributed by atoms with Gasteiger partial charge in [0, 0.05) is 62.8 Å². The van der Waals surface area contributed by atoms with Crippen molar-refractivity contribution in [1.82, 2.24) is 10.6 Å². The predicted molar refractivity (Wildman–Crippen MR) is 312 cm³/mol. The molecular formula is C68H92N4O8. The molecule has 15 atom stereocenters. The average Bonchev–Trinajstić information content (AvgIpc) is 4.40. The number of ether oxygens (including phenoxy) is 4. The number of hydrogen-bond donors (Lipinski definition) is 6. The lowest BCUT2D eigenvalue weighted by molar-refractivity contribution is -0.271. The van der Waals surface area contributed by atoms with Crippen LogP contribution in [0.4, 0.5) is 5.69 Å². The Morgan fingerprint density at radius 1 is 0.925 bits per heavy atom. The van der Waals surface area contributed by atoms with Crippen LogP contribution in [0.1, 0.15) is 179 Å². The van der Waals surface area contributed by atoms with Crippen LogP contribution in [0, 0.1) is 94.0 Å². The van der Waals surface area contributed by atoms with Gasteiger partial charge in [-0.2, -0.15) is 0 Å². The normalized spacial score (nSPS) is 39.0. The van der Waals surface area contributed by atoms with Gasteiger partial charge in [0.05, 0.1) is 18.9 Å². The Morgan fingerprint density at radius 3 is 2.61 bits per heavy atom. The smallest absolute Gasteiger partial charge is 0.207 e. The number of nitrogens with zero attached hydrogens (tertiary/aromatic N) is 1. The molecule has 8 fully saturated rings. The number of aliphatic hydroxyl groups is 2. The van der Waals surface area contributed by atoms with Gasteiger partial charge in [0.15, 0.2) is 28.8 Å². The molecule has 3 heterocycles. The molecule has 12 nitrogen and oxygen atoms in total. The van der Waals surface area contributed by atoms with E-state index < -0.39 is 22.2 Å². The molecule has 432 valence electrons. The molecule has 7 aliphatic carbocycles. The second-order valence-corrected chi connectivity index (χ2v) is 27.3. The van der Waals surface area contributed by atoms with Crippen LogP contribution in [0.3, 0.4) is 0 Å². The van der Waals surface area contributed by atoms with E-state index in [1.54, 1.807) is 20.2 Å². The summed E-state index contributed by atoms with van der Waals surface area (Å²) in [4.78, 5) is 20.8. The van der Waals surface area contributed by atoms with Crippen LogP contribution in [0.25, 0.3) is 0 Å². The molecule has 3 aliphatic heterocycles. The second-order valence-electron chi connectivity index (χ2n) is 27.3. The van der Waals surface area contributed by atoms with Crippen LogP contribution in [0.5, 0.6) is 23.0 Å². The molecule has 0 aromatic heterocycles. The molecular weight excluding hydrogens is 1000 g/mol. The van der Waals surface area contributed by atoms with Crippen molar-refractivity contribution in [2.45, 2.75) is 197 Å². The molecule has 2 spiro atoms. The number of aliphatic hydroxyl groups excluding tert-OH is 1. The van der Waals surface area contributed by atoms with Gasteiger partial charge in [-0.25, -0.2) is 0 Å². The van der Waals surface area contributed by atoms with Gasteiger partial charge in [0.25, 0.3) is 0 Å². The number of methoxy groups -OCH3 is 1. The van der Waals surface area contributed by atoms with Gasteiger partial charge in [0.2, 0.25) is 11.7 Å². The monoisotopic (exact) mass is 1090 g/mol. The fraction of sp³-hybridized carbons (Fsp3) is 0.706. The Kier molecular flexibility index (Phi) is 15.9. The number of phenols is 1. The average molecular weight is 1090 g/mol. The Bertz CT molecular complexity index is 2800. The van der Waals surface area contributed by atoms with E-state index in [1.807, 2.05) is 19.2 Å². The van der Waals surface area contributed by atoms with Crippen LogP contribution in [0.2, 0.25) is 0 Å². The highest BCUT2D eigenvalue weighted by atomic mass is 16.6. The summed E-state index contributed by atoms with van der Waals surface area (Å²) in [7, 11) is 5.37. The number of rotatable bonds is 11. The van der Waals surface area contributed by atoms with Crippen LogP contribution in [0.15, 0.2) is 47.5 Å². The molecule has 0 amide bonds. The van der Waals surface area contributed by atoms with E-state index in [4.69, 9.17) is 23.9 Å². The molecule has 6 N–H and O–H groups in total. The first-order chi connectivity index (χ1) is 38.9. The van der Waals surface area contributed by atoms with E-state index >= 15 is 4.79 Å². The molecule has 2 aromatic rings. The minimum absolute atomic E-state index is 0.00902. The molecule has 7 saturated carbocycles. The fourth-order valence-corrected chi connectivity index (χ4v) is 20.0. The van der Waals surface area contributed by atoms with Gasteiger partial charge in [-0.05, 0) is 216 Å². The number of aromatic hydroxyl groups is 1. The first-order valence-corrected chi connectivity index (χ1v) is 31.6.